The van der Waals surface area contributed by atoms with Crippen LogP contribution >= 0.6 is 0 Å². The van der Waals surface area contributed by atoms with Crippen molar-refractivity contribution < 1.29 is 13.2 Å². The SMILES string of the molecule is CN(C(N)=N[C@@H]1C[C@H]1c1cc(F)c(F)c(F)c1)C1CC1. The lowest BCUT2D eigenvalue weighted by Gasteiger charge is -2.16. The summed E-state index contributed by atoms with van der Waals surface area (Å²) in [6, 6.07) is 2.48. The smallest absolute Gasteiger partial charge is 0.194 e. The second-order valence-corrected chi connectivity index (χ2v) is 5.54. The topological polar surface area (TPSA) is 41.6 Å². The van der Waals surface area contributed by atoms with Gasteiger partial charge in [-0.2, -0.15) is 0 Å². The molecule has 0 radical (unpaired) electrons. The third kappa shape index (κ3) is 2.46. The molecule has 0 unspecified atom stereocenters. The van der Waals surface area contributed by atoms with Crippen molar-refractivity contribution >= 4 is 5.96 Å². The quantitative estimate of drug-likeness (QED) is 0.525. The van der Waals surface area contributed by atoms with Crippen LogP contribution in [0.25, 0.3) is 0 Å². The molecule has 2 atom stereocenters. The summed E-state index contributed by atoms with van der Waals surface area (Å²) in [6.45, 7) is 0. The van der Waals surface area contributed by atoms with Gasteiger partial charge in [0.1, 0.15) is 0 Å². The zero-order valence-electron chi connectivity index (χ0n) is 11.1. The first-order valence-electron chi connectivity index (χ1n) is 6.68. The molecule has 3 nitrogen and oxygen atoms in total. The summed E-state index contributed by atoms with van der Waals surface area (Å²) in [4.78, 5) is 6.30. The van der Waals surface area contributed by atoms with Gasteiger partial charge in [-0.05, 0) is 37.0 Å². The van der Waals surface area contributed by atoms with Gasteiger partial charge in [-0.3, -0.25) is 0 Å². The van der Waals surface area contributed by atoms with E-state index in [0.717, 1.165) is 25.0 Å². The molecule has 2 N–H and O–H groups in total. The van der Waals surface area contributed by atoms with Crippen LogP contribution in [-0.4, -0.2) is 30.0 Å². The summed E-state index contributed by atoms with van der Waals surface area (Å²) >= 11 is 0. The number of nitrogens with zero attached hydrogens (tertiary/aromatic N) is 2. The molecule has 0 heterocycles. The standard InChI is InChI=1S/C14H16F3N3/c1-20(8-2-3-8)14(18)19-12-6-9(12)7-4-10(15)13(17)11(16)5-7/h4-5,8-9,12H,2-3,6H2,1H3,(H2,18,19)/t9-,12+/m0/s1. The third-order valence-corrected chi connectivity index (χ3v) is 3.95. The number of guanidine groups is 1. The van der Waals surface area contributed by atoms with E-state index in [0.29, 0.717) is 24.0 Å². The van der Waals surface area contributed by atoms with Gasteiger partial charge in [0.05, 0.1) is 6.04 Å². The largest absolute Gasteiger partial charge is 0.370 e. The number of nitrogens with two attached hydrogens (primary N) is 1. The lowest BCUT2D eigenvalue weighted by molar-refractivity contribution is 0.445. The third-order valence-electron chi connectivity index (χ3n) is 3.95. The second kappa shape index (κ2) is 4.68. The molecule has 0 aliphatic heterocycles. The molecule has 3 rings (SSSR count). The molecule has 0 amide bonds. The van der Waals surface area contributed by atoms with Gasteiger partial charge in [0.25, 0.3) is 0 Å². The van der Waals surface area contributed by atoms with Gasteiger partial charge in [-0.25, -0.2) is 18.2 Å². The first kappa shape index (κ1) is 13.3. The van der Waals surface area contributed by atoms with Gasteiger partial charge >= 0.3 is 0 Å². The summed E-state index contributed by atoms with van der Waals surface area (Å²) in [6.07, 6.45) is 2.92. The van der Waals surface area contributed by atoms with E-state index in [1.807, 2.05) is 11.9 Å². The van der Waals surface area contributed by atoms with E-state index in [-0.39, 0.29) is 12.0 Å². The average molecular weight is 283 g/mol. The van der Waals surface area contributed by atoms with Crippen molar-refractivity contribution in [3.05, 3.63) is 35.1 Å². The molecular formula is C14H16F3N3. The fourth-order valence-electron chi connectivity index (χ4n) is 2.38. The van der Waals surface area contributed by atoms with Gasteiger partial charge in [0.2, 0.25) is 0 Å². The van der Waals surface area contributed by atoms with E-state index >= 15 is 0 Å². The van der Waals surface area contributed by atoms with E-state index in [2.05, 4.69) is 4.99 Å². The molecular weight excluding hydrogens is 267 g/mol. The van der Waals surface area contributed by atoms with Crippen molar-refractivity contribution in [1.82, 2.24) is 4.90 Å². The van der Waals surface area contributed by atoms with Gasteiger partial charge < -0.3 is 10.6 Å². The van der Waals surface area contributed by atoms with Crippen LogP contribution < -0.4 is 5.73 Å². The summed E-state index contributed by atoms with van der Waals surface area (Å²) in [5, 5.41) is 0. The lowest BCUT2D eigenvalue weighted by atomic mass is 10.1. The Morgan fingerprint density at radius 2 is 1.85 bits per heavy atom. The van der Waals surface area contributed by atoms with Crippen molar-refractivity contribution in [1.29, 1.82) is 0 Å². The molecule has 2 saturated carbocycles. The van der Waals surface area contributed by atoms with Gasteiger partial charge in [-0.15, -0.1) is 0 Å². The maximum Gasteiger partial charge on any atom is 0.194 e. The second-order valence-electron chi connectivity index (χ2n) is 5.54. The number of aliphatic imine (C=N–C) groups is 1. The molecule has 0 saturated heterocycles. The summed E-state index contributed by atoms with van der Waals surface area (Å²) < 4.78 is 39.3. The highest BCUT2D eigenvalue weighted by molar-refractivity contribution is 5.79. The molecule has 1 aromatic carbocycles. The van der Waals surface area contributed by atoms with E-state index in [9.17, 15) is 13.2 Å². The van der Waals surface area contributed by atoms with Crippen LogP contribution in [0, 0.1) is 17.5 Å². The van der Waals surface area contributed by atoms with E-state index in [4.69, 9.17) is 5.73 Å². The van der Waals surface area contributed by atoms with E-state index < -0.39 is 17.5 Å². The zero-order chi connectivity index (χ0) is 14.4. The predicted octanol–water partition coefficient (Wildman–Crippen LogP) is 2.37. The first-order valence-corrected chi connectivity index (χ1v) is 6.68. The lowest BCUT2D eigenvalue weighted by Crippen LogP contribution is -2.36. The Morgan fingerprint density at radius 1 is 1.25 bits per heavy atom. The molecule has 1 aromatic rings. The normalized spacial score (nSPS) is 25.7. The first-order chi connectivity index (χ1) is 9.47. The molecule has 0 aromatic heterocycles. The number of hydrogen-bond acceptors (Lipinski definition) is 1. The summed E-state index contributed by atoms with van der Waals surface area (Å²) in [5.74, 6) is -3.35. The maximum atomic E-state index is 13.2. The Kier molecular flexibility index (Phi) is 3.11. The van der Waals surface area contributed by atoms with Gasteiger partial charge in [0.15, 0.2) is 23.4 Å². The minimum Gasteiger partial charge on any atom is -0.370 e. The van der Waals surface area contributed by atoms with E-state index in [1.165, 1.54) is 0 Å². The average Bonchev–Trinajstić information content (AvgIpc) is 3.27. The predicted molar refractivity (Wildman–Crippen MR) is 69.9 cm³/mol. The van der Waals surface area contributed by atoms with Crippen LogP contribution in [0.15, 0.2) is 17.1 Å². The van der Waals surface area contributed by atoms with Crippen LogP contribution in [-0.2, 0) is 0 Å². The van der Waals surface area contributed by atoms with Crippen LogP contribution in [0.4, 0.5) is 13.2 Å². The van der Waals surface area contributed by atoms with Crippen molar-refractivity contribution in [2.45, 2.75) is 37.3 Å². The van der Waals surface area contributed by atoms with Crippen LogP contribution in [0.2, 0.25) is 0 Å². The molecule has 2 fully saturated rings. The van der Waals surface area contributed by atoms with Gasteiger partial charge in [0, 0.05) is 19.0 Å². The van der Waals surface area contributed by atoms with Crippen LogP contribution in [0.3, 0.4) is 0 Å². The van der Waals surface area contributed by atoms with Crippen molar-refractivity contribution in [2.24, 2.45) is 10.7 Å². The fourth-order valence-corrected chi connectivity index (χ4v) is 2.38. The Morgan fingerprint density at radius 3 is 2.40 bits per heavy atom. The monoisotopic (exact) mass is 283 g/mol. The molecule has 0 bridgehead atoms. The molecule has 2 aliphatic carbocycles. The minimum atomic E-state index is -1.43. The minimum absolute atomic E-state index is 0.0690. The highest BCUT2D eigenvalue weighted by Gasteiger charge is 2.40. The van der Waals surface area contributed by atoms with Crippen molar-refractivity contribution in [3.63, 3.8) is 0 Å². The molecule has 20 heavy (non-hydrogen) atoms. The molecule has 108 valence electrons. The Balaban J connectivity index is 1.71. The summed E-state index contributed by atoms with van der Waals surface area (Å²) in [7, 11) is 1.89. The van der Waals surface area contributed by atoms with Crippen molar-refractivity contribution in [2.75, 3.05) is 7.05 Å². The Bertz CT molecular complexity index is 546. The number of hydrogen-bond donors (Lipinski definition) is 1. The Hall–Kier alpha value is -1.72. The fraction of sp³-hybridized carbons (Fsp3) is 0.500. The van der Waals surface area contributed by atoms with Crippen LogP contribution in [0.1, 0.15) is 30.7 Å². The number of rotatable bonds is 3. The van der Waals surface area contributed by atoms with Crippen molar-refractivity contribution in [3.8, 4) is 0 Å². The molecule has 6 heteroatoms. The Labute approximate surface area is 115 Å². The van der Waals surface area contributed by atoms with Gasteiger partial charge in [-0.1, -0.05) is 0 Å². The molecule has 2 aliphatic rings. The van der Waals surface area contributed by atoms with Crippen LogP contribution in [0.5, 0.6) is 0 Å². The molecule has 0 spiro atoms. The highest BCUT2D eigenvalue weighted by atomic mass is 19.2. The number of halogens is 3. The summed E-state index contributed by atoms with van der Waals surface area (Å²) in [5.41, 5.74) is 6.33. The van der Waals surface area contributed by atoms with E-state index in [1.54, 1.807) is 0 Å². The zero-order valence-corrected chi connectivity index (χ0v) is 11.1. The number of benzene rings is 1. The highest BCUT2D eigenvalue weighted by Crippen LogP contribution is 2.44. The maximum absolute atomic E-state index is 13.2.